The van der Waals surface area contributed by atoms with Gasteiger partial charge in [-0.15, -0.1) is 0 Å². The highest BCUT2D eigenvalue weighted by molar-refractivity contribution is 9.10. The number of hydrogen-bond acceptors (Lipinski definition) is 4. The van der Waals surface area contributed by atoms with Crippen LogP contribution in [0.2, 0.25) is 5.02 Å². The lowest BCUT2D eigenvalue weighted by atomic mass is 10.3. The van der Waals surface area contributed by atoms with Gasteiger partial charge in [0.2, 0.25) is 0 Å². The van der Waals surface area contributed by atoms with Crippen molar-refractivity contribution in [2.75, 3.05) is 17.6 Å². The van der Waals surface area contributed by atoms with E-state index in [1.807, 2.05) is 0 Å². The summed E-state index contributed by atoms with van der Waals surface area (Å²) in [6.07, 6.45) is 0. The molecule has 8 heteroatoms. The molecule has 0 saturated carbocycles. The fraction of sp³-hybridized carbons (Fsp3) is 0.0769. The Morgan fingerprint density at radius 1 is 1.24 bits per heavy atom. The van der Waals surface area contributed by atoms with Gasteiger partial charge >= 0.3 is 0 Å². The summed E-state index contributed by atoms with van der Waals surface area (Å²) < 4.78 is 32.9. The molecule has 0 aliphatic heterocycles. The SMILES string of the molecule is COc1ccc(Cl)cc1NS(=O)(=O)c1cc(N)ccc1Br. The van der Waals surface area contributed by atoms with Crippen LogP contribution in [0.1, 0.15) is 0 Å². The number of benzene rings is 2. The zero-order valence-corrected chi connectivity index (χ0v) is 14.1. The summed E-state index contributed by atoms with van der Waals surface area (Å²) in [6.45, 7) is 0. The van der Waals surface area contributed by atoms with Gasteiger partial charge in [0.05, 0.1) is 12.8 Å². The van der Waals surface area contributed by atoms with Crippen molar-refractivity contribution in [1.29, 1.82) is 0 Å². The van der Waals surface area contributed by atoms with Crippen LogP contribution < -0.4 is 15.2 Å². The monoisotopic (exact) mass is 390 g/mol. The largest absolute Gasteiger partial charge is 0.495 e. The van der Waals surface area contributed by atoms with Crippen LogP contribution in [0.25, 0.3) is 0 Å². The van der Waals surface area contributed by atoms with Crippen molar-refractivity contribution in [3.05, 3.63) is 45.9 Å². The second-order valence-electron chi connectivity index (χ2n) is 4.14. The molecule has 0 aromatic heterocycles. The molecule has 0 amide bonds. The summed E-state index contributed by atoms with van der Waals surface area (Å²) in [5.41, 5.74) is 6.23. The summed E-state index contributed by atoms with van der Waals surface area (Å²) in [4.78, 5) is 0.0320. The van der Waals surface area contributed by atoms with Crippen LogP contribution in [-0.2, 0) is 10.0 Å². The van der Waals surface area contributed by atoms with E-state index in [-0.39, 0.29) is 10.6 Å². The van der Waals surface area contributed by atoms with E-state index in [0.717, 1.165) is 0 Å². The first kappa shape index (κ1) is 15.9. The van der Waals surface area contributed by atoms with E-state index in [9.17, 15) is 8.42 Å². The third kappa shape index (κ3) is 3.61. The number of nitrogens with one attached hydrogen (secondary N) is 1. The molecule has 0 radical (unpaired) electrons. The van der Waals surface area contributed by atoms with Gasteiger partial charge in [0.25, 0.3) is 10.0 Å². The maximum atomic E-state index is 12.5. The number of halogens is 2. The molecule has 0 aliphatic rings. The van der Waals surface area contributed by atoms with Gasteiger partial charge in [0.15, 0.2) is 0 Å². The Bertz CT molecular complexity index is 781. The van der Waals surface area contributed by atoms with E-state index in [1.54, 1.807) is 24.3 Å². The predicted molar refractivity (Wildman–Crippen MR) is 87.4 cm³/mol. The van der Waals surface area contributed by atoms with Crippen LogP contribution in [0.15, 0.2) is 45.8 Å². The van der Waals surface area contributed by atoms with Gasteiger partial charge in [0, 0.05) is 15.2 Å². The second-order valence-corrected chi connectivity index (χ2v) is 7.08. The average Bonchev–Trinajstić information content (AvgIpc) is 2.41. The Labute approximate surface area is 136 Å². The lowest BCUT2D eigenvalue weighted by Gasteiger charge is -2.13. The molecule has 0 aliphatic carbocycles. The number of nitrogens with two attached hydrogens (primary N) is 1. The minimum Gasteiger partial charge on any atom is -0.495 e. The molecular weight excluding hydrogens is 380 g/mol. The summed E-state index contributed by atoms with van der Waals surface area (Å²) >= 11 is 9.08. The topological polar surface area (TPSA) is 81.4 Å². The fourth-order valence-electron chi connectivity index (χ4n) is 1.69. The molecule has 2 rings (SSSR count). The summed E-state index contributed by atoms with van der Waals surface area (Å²) in [7, 11) is -2.39. The van der Waals surface area contributed by atoms with Gasteiger partial charge in [-0.3, -0.25) is 4.72 Å². The second kappa shape index (κ2) is 6.13. The summed E-state index contributed by atoms with van der Waals surface area (Å²) in [5, 5.41) is 0.389. The molecular formula is C13H12BrClN2O3S. The van der Waals surface area contributed by atoms with E-state index in [2.05, 4.69) is 20.7 Å². The lowest BCUT2D eigenvalue weighted by Crippen LogP contribution is -2.14. The summed E-state index contributed by atoms with van der Waals surface area (Å²) in [6, 6.07) is 9.19. The van der Waals surface area contributed by atoms with E-state index < -0.39 is 10.0 Å². The number of methoxy groups -OCH3 is 1. The van der Waals surface area contributed by atoms with Gasteiger partial charge in [-0.2, -0.15) is 0 Å². The molecule has 112 valence electrons. The van der Waals surface area contributed by atoms with E-state index in [0.29, 0.717) is 20.9 Å². The van der Waals surface area contributed by atoms with Crippen LogP contribution in [-0.4, -0.2) is 15.5 Å². The Kier molecular flexibility index (Phi) is 4.65. The van der Waals surface area contributed by atoms with Gasteiger partial charge < -0.3 is 10.5 Å². The Balaban J connectivity index is 2.47. The third-order valence-electron chi connectivity index (χ3n) is 2.65. The van der Waals surface area contributed by atoms with Gasteiger partial charge in [0.1, 0.15) is 10.6 Å². The molecule has 0 heterocycles. The molecule has 0 bridgehead atoms. The number of hydrogen-bond donors (Lipinski definition) is 2. The van der Waals surface area contributed by atoms with Crippen LogP contribution in [0, 0.1) is 0 Å². The average molecular weight is 392 g/mol. The molecule has 0 atom stereocenters. The molecule has 0 spiro atoms. The van der Waals surface area contributed by atoms with Crippen molar-refractivity contribution < 1.29 is 13.2 Å². The third-order valence-corrected chi connectivity index (χ3v) is 5.25. The van der Waals surface area contributed by atoms with Gasteiger partial charge in [-0.1, -0.05) is 11.6 Å². The van der Waals surface area contributed by atoms with E-state index >= 15 is 0 Å². The Hall–Kier alpha value is -1.44. The number of anilines is 2. The molecule has 0 fully saturated rings. The molecule has 0 saturated heterocycles. The van der Waals surface area contributed by atoms with Crippen molar-refractivity contribution in [2.45, 2.75) is 4.90 Å². The van der Waals surface area contributed by atoms with Crippen LogP contribution >= 0.6 is 27.5 Å². The Morgan fingerprint density at radius 3 is 2.62 bits per heavy atom. The van der Waals surface area contributed by atoms with Crippen molar-refractivity contribution in [2.24, 2.45) is 0 Å². The van der Waals surface area contributed by atoms with Crippen LogP contribution in [0.4, 0.5) is 11.4 Å². The first-order valence-electron chi connectivity index (χ1n) is 5.75. The van der Waals surface area contributed by atoms with Crippen LogP contribution in [0.5, 0.6) is 5.75 Å². The molecule has 2 aromatic rings. The molecule has 0 unspecified atom stereocenters. The van der Waals surface area contributed by atoms with E-state index in [4.69, 9.17) is 22.1 Å². The standard InChI is InChI=1S/C13H12BrClN2O3S/c1-20-12-5-2-8(15)6-11(12)17-21(18,19)13-7-9(16)3-4-10(13)14/h2-7,17H,16H2,1H3. The Morgan fingerprint density at radius 2 is 1.95 bits per heavy atom. The van der Waals surface area contributed by atoms with Crippen LogP contribution in [0.3, 0.4) is 0 Å². The summed E-state index contributed by atoms with van der Waals surface area (Å²) in [5.74, 6) is 0.364. The van der Waals surface area contributed by atoms with Crippen molar-refractivity contribution in [3.63, 3.8) is 0 Å². The van der Waals surface area contributed by atoms with E-state index in [1.165, 1.54) is 19.2 Å². The lowest BCUT2D eigenvalue weighted by molar-refractivity contribution is 0.417. The number of sulfonamides is 1. The first-order chi connectivity index (χ1) is 9.83. The number of nitrogen functional groups attached to an aromatic ring is 1. The minimum absolute atomic E-state index is 0.0320. The normalized spacial score (nSPS) is 11.2. The fourth-order valence-corrected chi connectivity index (χ4v) is 3.92. The minimum atomic E-state index is -3.83. The maximum absolute atomic E-state index is 12.5. The highest BCUT2D eigenvalue weighted by Gasteiger charge is 2.20. The predicted octanol–water partition coefficient (Wildman–Crippen LogP) is 3.49. The smallest absolute Gasteiger partial charge is 0.263 e. The van der Waals surface area contributed by atoms with Crippen molar-refractivity contribution in [3.8, 4) is 5.75 Å². The maximum Gasteiger partial charge on any atom is 0.263 e. The zero-order valence-electron chi connectivity index (χ0n) is 10.9. The molecule has 21 heavy (non-hydrogen) atoms. The molecule has 5 nitrogen and oxygen atoms in total. The molecule has 3 N–H and O–H groups in total. The van der Waals surface area contributed by atoms with Gasteiger partial charge in [-0.05, 0) is 52.3 Å². The number of rotatable bonds is 4. The zero-order chi connectivity index (χ0) is 15.6. The highest BCUT2D eigenvalue weighted by Crippen LogP contribution is 2.32. The number of ether oxygens (including phenoxy) is 1. The van der Waals surface area contributed by atoms with Crippen molar-refractivity contribution >= 4 is 48.9 Å². The highest BCUT2D eigenvalue weighted by atomic mass is 79.9. The first-order valence-corrected chi connectivity index (χ1v) is 8.40. The van der Waals surface area contributed by atoms with Gasteiger partial charge in [-0.25, -0.2) is 8.42 Å². The molecule has 2 aromatic carbocycles. The quantitative estimate of drug-likeness (QED) is 0.782. The van der Waals surface area contributed by atoms with Crippen molar-refractivity contribution in [1.82, 2.24) is 0 Å².